The molecule has 164 valence electrons. The van der Waals surface area contributed by atoms with Crippen LogP contribution in [0.5, 0.6) is 0 Å². The second kappa shape index (κ2) is 7.95. The maximum Gasteiger partial charge on any atom is 0.137 e. The van der Waals surface area contributed by atoms with Gasteiger partial charge in [0, 0.05) is 49.2 Å². The van der Waals surface area contributed by atoms with Crippen molar-refractivity contribution in [3.8, 4) is 11.3 Å². The molecule has 2 aliphatic rings. The Morgan fingerprint density at radius 1 is 1.06 bits per heavy atom. The van der Waals surface area contributed by atoms with Crippen LogP contribution in [0.3, 0.4) is 0 Å². The van der Waals surface area contributed by atoms with Gasteiger partial charge in [-0.3, -0.25) is 4.40 Å². The summed E-state index contributed by atoms with van der Waals surface area (Å²) >= 11 is 1.55. The van der Waals surface area contributed by atoms with Gasteiger partial charge in [0.05, 0.1) is 22.8 Å². The molecule has 8 heteroatoms. The Balaban J connectivity index is 1.40. The van der Waals surface area contributed by atoms with Crippen LogP contribution in [-0.2, 0) is 0 Å². The second-order valence-electron chi connectivity index (χ2n) is 8.56. The third-order valence-corrected chi connectivity index (χ3v) is 7.26. The molecule has 2 fully saturated rings. The molecule has 0 spiro atoms. The normalized spacial score (nSPS) is 17.8. The molecule has 3 aromatic heterocycles. The van der Waals surface area contributed by atoms with Gasteiger partial charge in [-0.1, -0.05) is 0 Å². The van der Waals surface area contributed by atoms with E-state index in [-0.39, 0.29) is 11.9 Å². The molecule has 3 N–H and O–H groups in total. The number of nitrogens with one attached hydrogen (secondary N) is 1. The van der Waals surface area contributed by atoms with Crippen molar-refractivity contribution < 1.29 is 4.39 Å². The number of imidazole rings is 1. The number of benzene rings is 1. The summed E-state index contributed by atoms with van der Waals surface area (Å²) in [5.41, 5.74) is 12.8. The molecule has 1 unspecified atom stereocenters. The van der Waals surface area contributed by atoms with E-state index in [2.05, 4.69) is 32.9 Å². The van der Waals surface area contributed by atoms with Crippen LogP contribution < -0.4 is 16.0 Å². The first-order valence-electron chi connectivity index (χ1n) is 11.1. The van der Waals surface area contributed by atoms with Gasteiger partial charge in [-0.15, -0.1) is 11.3 Å². The van der Waals surface area contributed by atoms with Crippen molar-refractivity contribution in [3.63, 3.8) is 0 Å². The summed E-state index contributed by atoms with van der Waals surface area (Å²) < 4.78 is 15.5. The fourth-order valence-corrected chi connectivity index (χ4v) is 5.28. The molecule has 6 rings (SSSR count). The minimum Gasteiger partial charge on any atom is -0.368 e. The largest absolute Gasteiger partial charge is 0.368 e. The number of pyridine rings is 1. The van der Waals surface area contributed by atoms with E-state index in [1.807, 2.05) is 5.38 Å². The van der Waals surface area contributed by atoms with Gasteiger partial charge in [-0.25, -0.2) is 14.4 Å². The molecule has 1 aliphatic carbocycles. The number of hydrogen-bond acceptors (Lipinski definition) is 6. The van der Waals surface area contributed by atoms with E-state index < -0.39 is 0 Å². The molecule has 0 amide bonds. The average Bonchev–Trinajstić information content (AvgIpc) is 3.43. The number of rotatable bonds is 5. The van der Waals surface area contributed by atoms with Gasteiger partial charge >= 0.3 is 0 Å². The van der Waals surface area contributed by atoms with Crippen LogP contribution in [0.25, 0.3) is 16.9 Å². The standard InChI is InChI=1S/C24H25FN6S/c25-17-5-3-15(4-6-17)19-14-32-24(28-19)21(26)23-22(16-1-2-16)29-20-8-7-18(13-31(20)23)30-11-9-27-10-12-30/h3-8,13-14,16,21,27H,1-2,9-12,26H2. The molecule has 1 saturated heterocycles. The Bertz CT molecular complexity index is 1250. The van der Waals surface area contributed by atoms with Gasteiger partial charge in [0.25, 0.3) is 0 Å². The van der Waals surface area contributed by atoms with Gasteiger partial charge in [-0.2, -0.15) is 0 Å². The van der Waals surface area contributed by atoms with E-state index in [0.717, 1.165) is 72.3 Å². The highest BCUT2D eigenvalue weighted by atomic mass is 32.1. The molecule has 4 heterocycles. The van der Waals surface area contributed by atoms with Gasteiger partial charge < -0.3 is 16.0 Å². The van der Waals surface area contributed by atoms with Crippen molar-refractivity contribution in [2.75, 3.05) is 31.1 Å². The van der Waals surface area contributed by atoms with Crippen LogP contribution in [0.2, 0.25) is 0 Å². The lowest BCUT2D eigenvalue weighted by atomic mass is 10.1. The number of halogens is 1. The topological polar surface area (TPSA) is 71.5 Å². The predicted octanol–water partition coefficient (Wildman–Crippen LogP) is 3.93. The molecule has 6 nitrogen and oxygen atoms in total. The van der Waals surface area contributed by atoms with Crippen LogP contribution in [0.4, 0.5) is 10.1 Å². The number of nitrogens with two attached hydrogens (primary N) is 1. The smallest absolute Gasteiger partial charge is 0.137 e. The molecule has 32 heavy (non-hydrogen) atoms. The van der Waals surface area contributed by atoms with Crippen LogP contribution in [0.1, 0.15) is 41.2 Å². The summed E-state index contributed by atoms with van der Waals surface area (Å²) in [6.07, 6.45) is 4.50. The Morgan fingerprint density at radius 2 is 1.84 bits per heavy atom. The van der Waals surface area contributed by atoms with Crippen LogP contribution in [0, 0.1) is 5.82 Å². The van der Waals surface area contributed by atoms with Crippen molar-refractivity contribution in [1.29, 1.82) is 0 Å². The zero-order valence-electron chi connectivity index (χ0n) is 17.7. The lowest BCUT2D eigenvalue weighted by Gasteiger charge is -2.29. The van der Waals surface area contributed by atoms with Gasteiger partial charge in [0.1, 0.15) is 22.5 Å². The van der Waals surface area contributed by atoms with Gasteiger partial charge in [0.2, 0.25) is 0 Å². The molecule has 1 aliphatic heterocycles. The summed E-state index contributed by atoms with van der Waals surface area (Å²) in [5, 5.41) is 6.25. The van der Waals surface area contributed by atoms with Crippen LogP contribution >= 0.6 is 11.3 Å². The first kappa shape index (κ1) is 19.8. The van der Waals surface area contributed by atoms with E-state index in [0.29, 0.717) is 5.92 Å². The maximum absolute atomic E-state index is 13.3. The lowest BCUT2D eigenvalue weighted by molar-refractivity contribution is 0.588. The number of piperazine rings is 1. The molecular weight excluding hydrogens is 423 g/mol. The van der Waals surface area contributed by atoms with E-state index >= 15 is 0 Å². The number of aromatic nitrogens is 3. The number of nitrogens with zero attached hydrogens (tertiary/aromatic N) is 4. The Kier molecular flexibility index (Phi) is 4.93. The molecule has 4 aromatic rings. The minimum atomic E-state index is -0.363. The predicted molar refractivity (Wildman–Crippen MR) is 126 cm³/mol. The number of hydrogen-bond donors (Lipinski definition) is 2. The molecule has 0 bridgehead atoms. The highest BCUT2D eigenvalue weighted by Gasteiger charge is 2.33. The quantitative estimate of drug-likeness (QED) is 0.484. The van der Waals surface area contributed by atoms with Crippen molar-refractivity contribution in [2.45, 2.75) is 24.8 Å². The van der Waals surface area contributed by atoms with Crippen LogP contribution in [-0.4, -0.2) is 40.5 Å². The summed E-state index contributed by atoms with van der Waals surface area (Å²) in [5.74, 6) is 0.233. The zero-order valence-corrected chi connectivity index (χ0v) is 18.5. The fourth-order valence-electron chi connectivity index (χ4n) is 4.45. The highest BCUT2D eigenvalue weighted by molar-refractivity contribution is 7.10. The van der Waals surface area contributed by atoms with Gasteiger partial charge in [-0.05, 0) is 49.2 Å². The Morgan fingerprint density at radius 3 is 2.59 bits per heavy atom. The second-order valence-corrected chi connectivity index (χ2v) is 9.45. The summed E-state index contributed by atoms with van der Waals surface area (Å²) in [6.45, 7) is 3.97. The number of thiazole rings is 1. The third-order valence-electron chi connectivity index (χ3n) is 6.34. The summed E-state index contributed by atoms with van der Waals surface area (Å²) in [7, 11) is 0. The average molecular weight is 449 g/mol. The Labute approximate surface area is 189 Å². The molecular formula is C24H25FN6S. The van der Waals surface area contributed by atoms with Crippen molar-refractivity contribution >= 4 is 22.7 Å². The highest BCUT2D eigenvalue weighted by Crippen LogP contribution is 2.44. The lowest BCUT2D eigenvalue weighted by Crippen LogP contribution is -2.43. The number of anilines is 1. The first-order valence-corrected chi connectivity index (χ1v) is 12.0. The molecule has 0 radical (unpaired) electrons. The molecule has 1 aromatic carbocycles. The maximum atomic E-state index is 13.3. The SMILES string of the molecule is NC(c1nc(-c2ccc(F)cc2)cs1)c1c(C2CC2)nc2ccc(N3CCNCC3)cn12. The Hall–Kier alpha value is -2.81. The first-order chi connectivity index (χ1) is 15.7. The molecule has 1 saturated carbocycles. The third kappa shape index (κ3) is 3.58. The molecule has 1 atom stereocenters. The van der Waals surface area contributed by atoms with E-state index in [1.165, 1.54) is 17.8 Å². The number of fused-ring (bicyclic) bond motifs is 1. The van der Waals surface area contributed by atoms with Crippen molar-refractivity contribution in [3.05, 3.63) is 70.2 Å². The van der Waals surface area contributed by atoms with Crippen molar-refractivity contribution in [1.82, 2.24) is 19.7 Å². The zero-order chi connectivity index (χ0) is 21.7. The van der Waals surface area contributed by atoms with Crippen molar-refractivity contribution in [2.24, 2.45) is 5.73 Å². The van der Waals surface area contributed by atoms with Crippen LogP contribution in [0.15, 0.2) is 48.0 Å². The summed E-state index contributed by atoms with van der Waals surface area (Å²) in [4.78, 5) is 12.2. The fraction of sp³-hybridized carbons (Fsp3) is 0.333. The minimum absolute atomic E-state index is 0.249. The van der Waals surface area contributed by atoms with E-state index in [4.69, 9.17) is 15.7 Å². The summed E-state index contributed by atoms with van der Waals surface area (Å²) in [6, 6.07) is 10.3. The van der Waals surface area contributed by atoms with E-state index in [1.54, 1.807) is 23.5 Å². The van der Waals surface area contributed by atoms with Gasteiger partial charge in [0.15, 0.2) is 0 Å². The monoisotopic (exact) mass is 448 g/mol. The van der Waals surface area contributed by atoms with E-state index in [9.17, 15) is 4.39 Å².